The maximum atomic E-state index is 12.4. The van der Waals surface area contributed by atoms with Crippen molar-refractivity contribution in [2.75, 3.05) is 0 Å². The maximum Gasteiger partial charge on any atom is 0.436 e. The lowest BCUT2D eigenvalue weighted by atomic mass is 10.3. The summed E-state index contributed by atoms with van der Waals surface area (Å²) >= 11 is 5.48. The third kappa shape index (κ3) is 2.04. The summed E-state index contributed by atoms with van der Waals surface area (Å²) in [6, 6.07) is 8.46. The van der Waals surface area contributed by atoms with E-state index in [1.54, 1.807) is 30.3 Å². The van der Waals surface area contributed by atoms with Gasteiger partial charge in [0, 0.05) is 0 Å². The Hall–Kier alpha value is -1.49. The van der Waals surface area contributed by atoms with Gasteiger partial charge in [0.1, 0.15) is 0 Å². The van der Waals surface area contributed by atoms with Crippen molar-refractivity contribution in [3.63, 3.8) is 0 Å². The maximum absolute atomic E-state index is 12.4. The average Bonchev–Trinajstić information content (AvgIpc) is 2.61. The smallest absolute Gasteiger partial charge is 0.239 e. The monoisotopic (exact) mass is 246 g/mol. The molecule has 2 nitrogen and oxygen atoms in total. The predicted octanol–water partition coefficient (Wildman–Crippen LogP) is 3.54. The van der Waals surface area contributed by atoms with Crippen molar-refractivity contribution in [2.24, 2.45) is 0 Å². The molecule has 16 heavy (non-hydrogen) atoms. The zero-order valence-electron chi connectivity index (χ0n) is 7.87. The number of alkyl halides is 3. The molecule has 0 spiro atoms. The summed E-state index contributed by atoms with van der Waals surface area (Å²) in [5, 5.41) is 3.00. The number of aromatic nitrogens is 2. The molecule has 6 heteroatoms. The summed E-state index contributed by atoms with van der Waals surface area (Å²) in [4.78, 5) is 0. The van der Waals surface area contributed by atoms with Gasteiger partial charge in [0.05, 0.1) is 16.9 Å². The van der Waals surface area contributed by atoms with Gasteiger partial charge in [-0.05, 0) is 12.1 Å². The molecule has 0 radical (unpaired) electrons. The molecule has 0 bridgehead atoms. The van der Waals surface area contributed by atoms with Gasteiger partial charge in [0.15, 0.2) is 5.69 Å². The summed E-state index contributed by atoms with van der Waals surface area (Å²) in [6.45, 7) is 0. The first-order valence-electron chi connectivity index (χ1n) is 4.36. The molecule has 1 aromatic carbocycles. The third-order valence-electron chi connectivity index (χ3n) is 1.96. The van der Waals surface area contributed by atoms with Gasteiger partial charge in [0.25, 0.3) is 0 Å². The largest absolute Gasteiger partial charge is 0.436 e. The Kier molecular flexibility index (Phi) is 2.63. The van der Waals surface area contributed by atoms with Crippen LogP contribution in [0.3, 0.4) is 0 Å². The highest BCUT2D eigenvalue weighted by atomic mass is 35.5. The molecule has 0 aliphatic rings. The highest BCUT2D eigenvalue weighted by molar-refractivity contribution is 6.31. The molecular weight excluding hydrogens is 241 g/mol. The van der Waals surface area contributed by atoms with Crippen LogP contribution in [0.2, 0.25) is 5.02 Å². The molecule has 84 valence electrons. The molecule has 0 atom stereocenters. The van der Waals surface area contributed by atoms with Crippen LogP contribution in [0.4, 0.5) is 13.2 Å². The number of hydrogen-bond donors (Lipinski definition) is 0. The SMILES string of the molecule is FC(F)(F)c1nn(-c2ccccc2)cc1Cl. The van der Waals surface area contributed by atoms with Crippen molar-refractivity contribution < 1.29 is 13.2 Å². The van der Waals surface area contributed by atoms with Crippen LogP contribution in [0, 0.1) is 0 Å². The van der Waals surface area contributed by atoms with Crippen molar-refractivity contribution >= 4 is 11.6 Å². The first-order valence-corrected chi connectivity index (χ1v) is 4.74. The molecule has 0 amide bonds. The van der Waals surface area contributed by atoms with Gasteiger partial charge in [-0.2, -0.15) is 18.3 Å². The van der Waals surface area contributed by atoms with E-state index in [-0.39, 0.29) is 0 Å². The van der Waals surface area contributed by atoms with E-state index in [1.165, 1.54) is 0 Å². The molecular formula is C10H6ClF3N2. The Morgan fingerprint density at radius 2 is 1.75 bits per heavy atom. The molecule has 1 aromatic heterocycles. The van der Waals surface area contributed by atoms with Gasteiger partial charge in [-0.1, -0.05) is 29.8 Å². The van der Waals surface area contributed by atoms with E-state index >= 15 is 0 Å². The summed E-state index contributed by atoms with van der Waals surface area (Å²) in [5.74, 6) is 0. The summed E-state index contributed by atoms with van der Waals surface area (Å²) in [6.07, 6.45) is -3.39. The standard InChI is InChI=1S/C10H6ClF3N2/c11-8-6-16(7-4-2-1-3-5-7)15-9(8)10(12,13)14/h1-6H. The zero-order valence-corrected chi connectivity index (χ0v) is 8.63. The molecule has 0 saturated heterocycles. The second-order valence-electron chi connectivity index (χ2n) is 3.10. The number of nitrogens with zero attached hydrogens (tertiary/aromatic N) is 2. The van der Waals surface area contributed by atoms with Crippen LogP contribution < -0.4 is 0 Å². The Morgan fingerprint density at radius 3 is 2.25 bits per heavy atom. The van der Waals surface area contributed by atoms with Gasteiger partial charge in [-0.15, -0.1) is 0 Å². The van der Waals surface area contributed by atoms with Crippen molar-refractivity contribution in [1.82, 2.24) is 9.78 Å². The fourth-order valence-corrected chi connectivity index (χ4v) is 1.50. The van der Waals surface area contributed by atoms with E-state index in [2.05, 4.69) is 5.10 Å². The summed E-state index contributed by atoms with van der Waals surface area (Å²) < 4.78 is 38.4. The molecule has 0 saturated carbocycles. The fourth-order valence-electron chi connectivity index (χ4n) is 1.26. The third-order valence-corrected chi connectivity index (χ3v) is 2.24. The number of para-hydroxylation sites is 1. The van der Waals surface area contributed by atoms with Crippen molar-refractivity contribution in [3.8, 4) is 5.69 Å². The summed E-state index contributed by atoms with van der Waals surface area (Å²) in [7, 11) is 0. The van der Waals surface area contributed by atoms with E-state index in [0.717, 1.165) is 10.9 Å². The second-order valence-corrected chi connectivity index (χ2v) is 3.51. The lowest BCUT2D eigenvalue weighted by molar-refractivity contribution is -0.141. The van der Waals surface area contributed by atoms with E-state index < -0.39 is 16.9 Å². The minimum atomic E-state index is -4.53. The zero-order chi connectivity index (χ0) is 11.8. The van der Waals surface area contributed by atoms with E-state index in [4.69, 9.17) is 11.6 Å². The number of hydrogen-bond acceptors (Lipinski definition) is 1. The quantitative estimate of drug-likeness (QED) is 0.752. The van der Waals surface area contributed by atoms with Gasteiger partial charge in [-0.3, -0.25) is 0 Å². The first-order chi connectivity index (χ1) is 7.48. The highest BCUT2D eigenvalue weighted by Gasteiger charge is 2.36. The first kappa shape index (κ1) is 11.0. The van der Waals surface area contributed by atoms with Crippen LogP contribution in [0.1, 0.15) is 5.69 Å². The highest BCUT2D eigenvalue weighted by Crippen LogP contribution is 2.33. The molecule has 0 N–H and O–H groups in total. The van der Waals surface area contributed by atoms with Crippen LogP contribution in [-0.4, -0.2) is 9.78 Å². The van der Waals surface area contributed by atoms with Crippen molar-refractivity contribution in [3.05, 3.63) is 47.2 Å². The van der Waals surface area contributed by atoms with Gasteiger partial charge < -0.3 is 0 Å². The van der Waals surface area contributed by atoms with Crippen LogP contribution >= 0.6 is 11.6 Å². The van der Waals surface area contributed by atoms with E-state index in [0.29, 0.717) is 5.69 Å². The molecule has 2 aromatic rings. The Balaban J connectivity index is 2.47. The van der Waals surface area contributed by atoms with Crippen LogP contribution in [0.25, 0.3) is 5.69 Å². The lowest BCUT2D eigenvalue weighted by Gasteiger charge is -2.02. The normalized spacial score (nSPS) is 11.8. The summed E-state index contributed by atoms with van der Waals surface area (Å²) in [5.41, 5.74) is -0.544. The molecule has 0 aliphatic heterocycles. The predicted molar refractivity (Wildman–Crippen MR) is 53.6 cm³/mol. The average molecular weight is 247 g/mol. The van der Waals surface area contributed by atoms with Crippen LogP contribution in [0.5, 0.6) is 0 Å². The second kappa shape index (κ2) is 3.83. The molecule has 2 rings (SSSR count). The Bertz CT molecular complexity index is 491. The van der Waals surface area contributed by atoms with Crippen LogP contribution in [-0.2, 0) is 6.18 Å². The molecule has 0 fully saturated rings. The molecule has 1 heterocycles. The molecule has 0 unspecified atom stereocenters. The number of rotatable bonds is 1. The van der Waals surface area contributed by atoms with E-state index in [9.17, 15) is 13.2 Å². The lowest BCUT2D eigenvalue weighted by Crippen LogP contribution is -2.07. The van der Waals surface area contributed by atoms with Gasteiger partial charge in [0.2, 0.25) is 0 Å². The van der Waals surface area contributed by atoms with E-state index in [1.807, 2.05) is 0 Å². The minimum Gasteiger partial charge on any atom is -0.239 e. The Morgan fingerprint density at radius 1 is 1.12 bits per heavy atom. The van der Waals surface area contributed by atoms with Gasteiger partial charge in [-0.25, -0.2) is 4.68 Å². The number of benzene rings is 1. The van der Waals surface area contributed by atoms with Crippen LogP contribution in [0.15, 0.2) is 36.5 Å². The van der Waals surface area contributed by atoms with Gasteiger partial charge >= 0.3 is 6.18 Å². The molecule has 0 aliphatic carbocycles. The topological polar surface area (TPSA) is 17.8 Å². The fraction of sp³-hybridized carbons (Fsp3) is 0.100. The number of halogens is 4. The Labute approximate surface area is 94.3 Å². The van der Waals surface area contributed by atoms with Crippen molar-refractivity contribution in [2.45, 2.75) is 6.18 Å². The minimum absolute atomic E-state index is 0.406. The van der Waals surface area contributed by atoms with Crippen molar-refractivity contribution in [1.29, 1.82) is 0 Å².